The van der Waals surface area contributed by atoms with Crippen LogP contribution in [0.3, 0.4) is 0 Å². The summed E-state index contributed by atoms with van der Waals surface area (Å²) in [5.74, 6) is 3.31. The lowest BCUT2D eigenvalue weighted by atomic mass is 10.0. The van der Waals surface area contributed by atoms with Gasteiger partial charge in [-0.05, 0) is 56.7 Å². The highest BCUT2D eigenvalue weighted by atomic mass is 32.2. The fourth-order valence-electron chi connectivity index (χ4n) is 3.80. The molecule has 0 bridgehead atoms. The molecule has 118 valence electrons. The van der Waals surface area contributed by atoms with Gasteiger partial charge in [-0.15, -0.1) is 0 Å². The van der Waals surface area contributed by atoms with Gasteiger partial charge in [0.1, 0.15) is 11.3 Å². The standard InChI is InChI=1S/C17H24N4S/c1-20-8-6-13(11-20)10-16-19-15-5-2-7-18-17(15)21(16)12-14-4-3-9-22-14/h2,5,7,13-14H,3-4,6,8-12H2,1H3. The van der Waals surface area contributed by atoms with Gasteiger partial charge in [0.15, 0.2) is 5.65 Å². The predicted octanol–water partition coefficient (Wildman–Crippen LogP) is 2.82. The van der Waals surface area contributed by atoms with Crippen LogP contribution >= 0.6 is 11.8 Å². The first-order valence-corrected chi connectivity index (χ1v) is 9.45. The first-order chi connectivity index (χ1) is 10.8. The smallest absolute Gasteiger partial charge is 0.160 e. The molecular weight excluding hydrogens is 292 g/mol. The van der Waals surface area contributed by atoms with Crippen molar-refractivity contribution >= 4 is 22.9 Å². The van der Waals surface area contributed by atoms with E-state index in [1.165, 1.54) is 43.9 Å². The monoisotopic (exact) mass is 316 g/mol. The van der Waals surface area contributed by atoms with Crippen molar-refractivity contribution < 1.29 is 0 Å². The number of hydrogen-bond acceptors (Lipinski definition) is 4. The molecule has 0 N–H and O–H groups in total. The molecule has 2 fully saturated rings. The molecule has 0 saturated carbocycles. The highest BCUT2D eigenvalue weighted by molar-refractivity contribution is 8.00. The average molecular weight is 316 g/mol. The van der Waals surface area contributed by atoms with Gasteiger partial charge >= 0.3 is 0 Å². The van der Waals surface area contributed by atoms with Crippen LogP contribution < -0.4 is 0 Å². The van der Waals surface area contributed by atoms with Gasteiger partial charge in [-0.25, -0.2) is 9.97 Å². The first-order valence-electron chi connectivity index (χ1n) is 8.40. The summed E-state index contributed by atoms with van der Waals surface area (Å²) in [5.41, 5.74) is 2.14. The lowest BCUT2D eigenvalue weighted by Gasteiger charge is -2.15. The second kappa shape index (κ2) is 6.20. The van der Waals surface area contributed by atoms with Crippen LogP contribution in [0.25, 0.3) is 11.2 Å². The fourth-order valence-corrected chi connectivity index (χ4v) is 5.05. The molecule has 2 unspecified atom stereocenters. The molecule has 2 atom stereocenters. The van der Waals surface area contributed by atoms with E-state index in [-0.39, 0.29) is 0 Å². The second-order valence-corrected chi connectivity index (χ2v) is 8.15. The van der Waals surface area contributed by atoms with Crippen LogP contribution in [0.4, 0.5) is 0 Å². The van der Waals surface area contributed by atoms with Crippen molar-refractivity contribution in [2.75, 3.05) is 25.9 Å². The minimum absolute atomic E-state index is 0.740. The van der Waals surface area contributed by atoms with Crippen molar-refractivity contribution in [2.24, 2.45) is 5.92 Å². The first kappa shape index (κ1) is 14.5. The number of hydrogen-bond donors (Lipinski definition) is 0. The van der Waals surface area contributed by atoms with E-state index in [4.69, 9.17) is 4.98 Å². The lowest BCUT2D eigenvalue weighted by molar-refractivity contribution is 0.391. The summed E-state index contributed by atoms with van der Waals surface area (Å²) in [6.45, 7) is 3.51. The van der Waals surface area contributed by atoms with Crippen molar-refractivity contribution in [2.45, 2.75) is 37.5 Å². The Balaban J connectivity index is 1.63. The zero-order chi connectivity index (χ0) is 14.9. The predicted molar refractivity (Wildman–Crippen MR) is 92.3 cm³/mol. The van der Waals surface area contributed by atoms with Gasteiger partial charge in [0.25, 0.3) is 0 Å². The molecule has 4 rings (SSSR count). The molecule has 2 aromatic heterocycles. The summed E-state index contributed by atoms with van der Waals surface area (Å²) in [6.07, 6.45) is 6.99. The van der Waals surface area contributed by atoms with E-state index in [0.29, 0.717) is 0 Å². The number of rotatable bonds is 4. The van der Waals surface area contributed by atoms with Gasteiger partial charge in [0.2, 0.25) is 0 Å². The number of aromatic nitrogens is 3. The van der Waals surface area contributed by atoms with Gasteiger partial charge in [-0.2, -0.15) is 11.8 Å². The van der Waals surface area contributed by atoms with E-state index in [9.17, 15) is 0 Å². The third kappa shape index (κ3) is 2.88. The Morgan fingerprint density at radius 3 is 3.09 bits per heavy atom. The third-order valence-electron chi connectivity index (χ3n) is 4.95. The molecule has 0 aromatic carbocycles. The molecule has 5 heteroatoms. The zero-order valence-corrected chi connectivity index (χ0v) is 14.1. The summed E-state index contributed by atoms with van der Waals surface area (Å²) < 4.78 is 2.41. The third-order valence-corrected chi connectivity index (χ3v) is 6.33. The largest absolute Gasteiger partial charge is 0.312 e. The van der Waals surface area contributed by atoms with E-state index >= 15 is 0 Å². The highest BCUT2D eigenvalue weighted by Gasteiger charge is 2.24. The van der Waals surface area contributed by atoms with E-state index in [0.717, 1.165) is 35.3 Å². The minimum Gasteiger partial charge on any atom is -0.312 e. The number of imidazole rings is 1. The van der Waals surface area contributed by atoms with Crippen molar-refractivity contribution in [1.82, 2.24) is 19.4 Å². The van der Waals surface area contributed by atoms with Gasteiger partial charge in [0.05, 0.1) is 0 Å². The lowest BCUT2D eigenvalue weighted by Crippen LogP contribution is -2.18. The summed E-state index contributed by atoms with van der Waals surface area (Å²) in [6, 6.07) is 4.10. The maximum Gasteiger partial charge on any atom is 0.160 e. The van der Waals surface area contributed by atoms with Crippen LogP contribution in [0, 0.1) is 5.92 Å². The molecular formula is C17H24N4S. The molecule has 4 nitrogen and oxygen atoms in total. The molecule has 2 aliphatic heterocycles. The van der Waals surface area contributed by atoms with Crippen LogP contribution in [0.2, 0.25) is 0 Å². The van der Waals surface area contributed by atoms with Crippen LogP contribution in [0.5, 0.6) is 0 Å². The van der Waals surface area contributed by atoms with E-state index in [1.54, 1.807) is 0 Å². The van der Waals surface area contributed by atoms with Gasteiger partial charge < -0.3 is 9.47 Å². The van der Waals surface area contributed by atoms with Crippen molar-refractivity contribution in [1.29, 1.82) is 0 Å². The summed E-state index contributed by atoms with van der Waals surface area (Å²) in [7, 11) is 2.22. The Morgan fingerprint density at radius 2 is 2.32 bits per heavy atom. The molecule has 4 heterocycles. The zero-order valence-electron chi connectivity index (χ0n) is 13.2. The Morgan fingerprint density at radius 1 is 1.36 bits per heavy atom. The van der Waals surface area contributed by atoms with Crippen molar-refractivity contribution in [3.05, 3.63) is 24.2 Å². The topological polar surface area (TPSA) is 34.0 Å². The van der Waals surface area contributed by atoms with Crippen molar-refractivity contribution in [3.8, 4) is 0 Å². The summed E-state index contributed by atoms with van der Waals surface area (Å²) in [5, 5.41) is 0.740. The number of pyridine rings is 1. The number of nitrogens with zero attached hydrogens (tertiary/aromatic N) is 4. The quantitative estimate of drug-likeness (QED) is 0.868. The SMILES string of the molecule is CN1CCC(Cc2nc3cccnc3n2CC2CCCS2)C1. The second-order valence-electron chi connectivity index (χ2n) is 6.74. The molecule has 2 aromatic rings. The van der Waals surface area contributed by atoms with E-state index in [1.807, 2.05) is 12.3 Å². The molecule has 2 aliphatic rings. The van der Waals surface area contributed by atoms with E-state index < -0.39 is 0 Å². The number of thioether (sulfide) groups is 1. The Labute approximate surface area is 136 Å². The highest BCUT2D eigenvalue weighted by Crippen LogP contribution is 2.30. The van der Waals surface area contributed by atoms with Crippen LogP contribution in [0.1, 0.15) is 25.1 Å². The fraction of sp³-hybridized carbons (Fsp3) is 0.647. The van der Waals surface area contributed by atoms with Gasteiger partial charge in [-0.3, -0.25) is 0 Å². The Bertz CT molecular complexity index is 647. The maximum atomic E-state index is 4.92. The van der Waals surface area contributed by atoms with Crippen LogP contribution in [-0.4, -0.2) is 50.6 Å². The Hall–Kier alpha value is -1.07. The molecule has 0 spiro atoms. The molecule has 22 heavy (non-hydrogen) atoms. The van der Waals surface area contributed by atoms with Gasteiger partial charge in [0, 0.05) is 31.0 Å². The summed E-state index contributed by atoms with van der Waals surface area (Å²) >= 11 is 2.12. The summed E-state index contributed by atoms with van der Waals surface area (Å²) in [4.78, 5) is 12.0. The molecule has 0 radical (unpaired) electrons. The molecule has 2 saturated heterocycles. The molecule has 0 aliphatic carbocycles. The van der Waals surface area contributed by atoms with Crippen LogP contribution in [0.15, 0.2) is 18.3 Å². The maximum absolute atomic E-state index is 4.92. The number of likely N-dealkylation sites (tertiary alicyclic amines) is 1. The van der Waals surface area contributed by atoms with E-state index in [2.05, 4.69) is 39.3 Å². The van der Waals surface area contributed by atoms with Crippen LogP contribution in [-0.2, 0) is 13.0 Å². The van der Waals surface area contributed by atoms with Crippen molar-refractivity contribution in [3.63, 3.8) is 0 Å². The normalized spacial score (nSPS) is 26.2. The number of fused-ring (bicyclic) bond motifs is 1. The average Bonchev–Trinajstić information content (AvgIpc) is 3.23. The molecule has 0 amide bonds. The van der Waals surface area contributed by atoms with Gasteiger partial charge in [-0.1, -0.05) is 0 Å². The Kier molecular flexibility index (Phi) is 4.09. The minimum atomic E-state index is 0.740.